The van der Waals surface area contributed by atoms with E-state index in [2.05, 4.69) is 5.32 Å². The summed E-state index contributed by atoms with van der Waals surface area (Å²) in [7, 11) is 0. The highest BCUT2D eigenvalue weighted by atomic mass is 35.5. The molecule has 0 atom stereocenters. The van der Waals surface area contributed by atoms with Crippen LogP contribution in [0.5, 0.6) is 0 Å². The molecule has 1 N–H and O–H groups in total. The average molecular weight is 167 g/mol. The number of nitro groups is 1. The second kappa shape index (κ2) is 4.46. The molecule has 1 fully saturated rings. The van der Waals surface area contributed by atoms with Crippen LogP contribution in [-0.4, -0.2) is 24.1 Å². The molecule has 60 valence electrons. The van der Waals surface area contributed by atoms with Crippen LogP contribution in [0.1, 0.15) is 12.8 Å². The van der Waals surface area contributed by atoms with Gasteiger partial charge >= 0.3 is 0 Å². The zero-order valence-electron chi connectivity index (χ0n) is 5.58. The third kappa shape index (κ3) is 2.49. The lowest BCUT2D eigenvalue weighted by Gasteiger charge is -2.14. The van der Waals surface area contributed by atoms with Crippen molar-refractivity contribution >= 4 is 12.4 Å². The number of rotatable bonds is 1. The van der Waals surface area contributed by atoms with Crippen molar-refractivity contribution in [1.82, 2.24) is 5.32 Å². The van der Waals surface area contributed by atoms with Gasteiger partial charge in [-0.15, -0.1) is 12.4 Å². The summed E-state index contributed by atoms with van der Waals surface area (Å²) in [4.78, 5) is 9.95. The number of nitrogens with zero attached hydrogens (tertiary/aromatic N) is 1. The van der Waals surface area contributed by atoms with E-state index in [1.807, 2.05) is 0 Å². The van der Waals surface area contributed by atoms with E-state index in [1.54, 1.807) is 0 Å². The first-order chi connectivity index (χ1) is 4.30. The Labute approximate surface area is 65.5 Å². The van der Waals surface area contributed by atoms with Gasteiger partial charge in [-0.2, -0.15) is 0 Å². The third-order valence-corrected chi connectivity index (χ3v) is 1.61. The minimum Gasteiger partial charge on any atom is -0.316 e. The molecule has 0 radical (unpaired) electrons. The van der Waals surface area contributed by atoms with Crippen LogP contribution in [0.25, 0.3) is 0 Å². The minimum atomic E-state index is -0.286. The fourth-order valence-electron chi connectivity index (χ4n) is 1.02. The summed E-state index contributed by atoms with van der Waals surface area (Å²) in [5.74, 6) is 0. The molecule has 0 unspecified atom stereocenters. The zero-order valence-corrected chi connectivity index (χ0v) is 6.39. The number of nitrogens with one attached hydrogen (secondary N) is 1. The van der Waals surface area contributed by atoms with Gasteiger partial charge in [0.05, 0.1) is 0 Å². The molecule has 0 bridgehead atoms. The molecule has 0 saturated carbocycles. The molecule has 1 aliphatic rings. The van der Waals surface area contributed by atoms with Crippen molar-refractivity contribution < 1.29 is 4.92 Å². The fraction of sp³-hybridized carbons (Fsp3) is 1.00. The van der Waals surface area contributed by atoms with Crippen molar-refractivity contribution in [2.75, 3.05) is 13.1 Å². The molecule has 1 saturated heterocycles. The molecule has 1 heterocycles. The molecular formula is C5H11ClN2O2. The van der Waals surface area contributed by atoms with E-state index in [4.69, 9.17) is 0 Å². The first-order valence-corrected chi connectivity index (χ1v) is 3.15. The van der Waals surface area contributed by atoms with Gasteiger partial charge in [-0.3, -0.25) is 10.1 Å². The second-order valence-electron chi connectivity index (χ2n) is 2.27. The Bertz CT molecular complexity index is 114. The van der Waals surface area contributed by atoms with Gasteiger partial charge in [0, 0.05) is 30.9 Å². The van der Waals surface area contributed by atoms with Crippen LogP contribution in [0.4, 0.5) is 0 Å². The van der Waals surface area contributed by atoms with Crippen LogP contribution in [0, 0.1) is 10.1 Å². The summed E-state index contributed by atoms with van der Waals surface area (Å²) < 4.78 is 0. The van der Waals surface area contributed by atoms with E-state index in [-0.39, 0.29) is 23.4 Å². The molecule has 4 nitrogen and oxygen atoms in total. The summed E-state index contributed by atoms with van der Waals surface area (Å²) in [6.07, 6.45) is 1.38. The van der Waals surface area contributed by atoms with Gasteiger partial charge in [0.2, 0.25) is 6.04 Å². The Hall–Kier alpha value is -0.350. The summed E-state index contributed by atoms with van der Waals surface area (Å²) in [6, 6.07) is -0.286. The fourth-order valence-corrected chi connectivity index (χ4v) is 1.02. The smallest absolute Gasteiger partial charge is 0.215 e. The molecule has 0 amide bonds. The van der Waals surface area contributed by atoms with Crippen molar-refractivity contribution in [3.8, 4) is 0 Å². The molecule has 0 aromatic carbocycles. The summed E-state index contributed by atoms with van der Waals surface area (Å²) in [5, 5.41) is 13.2. The van der Waals surface area contributed by atoms with Gasteiger partial charge in [0.1, 0.15) is 0 Å². The molecule has 1 aliphatic heterocycles. The monoisotopic (exact) mass is 166 g/mol. The van der Waals surface area contributed by atoms with Gasteiger partial charge in [-0.25, -0.2) is 0 Å². The number of hydrogen-bond donors (Lipinski definition) is 1. The van der Waals surface area contributed by atoms with Gasteiger partial charge < -0.3 is 5.32 Å². The molecular weight excluding hydrogens is 156 g/mol. The molecule has 0 aromatic rings. The number of hydrogen-bond acceptors (Lipinski definition) is 3. The van der Waals surface area contributed by atoms with Gasteiger partial charge in [-0.1, -0.05) is 0 Å². The third-order valence-electron chi connectivity index (χ3n) is 1.61. The van der Waals surface area contributed by atoms with E-state index < -0.39 is 0 Å². The van der Waals surface area contributed by atoms with E-state index >= 15 is 0 Å². The Morgan fingerprint density at radius 2 is 1.90 bits per heavy atom. The van der Waals surface area contributed by atoms with Gasteiger partial charge in [0.25, 0.3) is 0 Å². The highest BCUT2D eigenvalue weighted by molar-refractivity contribution is 5.85. The Morgan fingerprint density at radius 3 is 2.20 bits per heavy atom. The molecule has 0 aromatic heterocycles. The van der Waals surface area contributed by atoms with Gasteiger partial charge in [0.15, 0.2) is 0 Å². The number of halogens is 1. The van der Waals surface area contributed by atoms with Crippen molar-refractivity contribution in [2.24, 2.45) is 0 Å². The van der Waals surface area contributed by atoms with Crippen LogP contribution in [0.2, 0.25) is 0 Å². The first-order valence-electron chi connectivity index (χ1n) is 3.15. The largest absolute Gasteiger partial charge is 0.316 e. The van der Waals surface area contributed by atoms with Crippen LogP contribution in [0.3, 0.4) is 0 Å². The van der Waals surface area contributed by atoms with Crippen molar-refractivity contribution in [3.63, 3.8) is 0 Å². The van der Waals surface area contributed by atoms with Crippen LogP contribution in [-0.2, 0) is 0 Å². The maximum Gasteiger partial charge on any atom is 0.215 e. The normalized spacial score (nSPS) is 19.6. The predicted octanol–water partition coefficient (Wildman–Crippen LogP) is 0.437. The lowest BCUT2D eigenvalue weighted by molar-refractivity contribution is -0.525. The Balaban J connectivity index is 0.000000810. The highest BCUT2D eigenvalue weighted by Gasteiger charge is 2.21. The van der Waals surface area contributed by atoms with Crippen molar-refractivity contribution in [1.29, 1.82) is 0 Å². The second-order valence-corrected chi connectivity index (χ2v) is 2.27. The quantitative estimate of drug-likeness (QED) is 0.454. The average Bonchev–Trinajstić information content (AvgIpc) is 1.90. The molecule has 5 heteroatoms. The molecule has 1 rings (SSSR count). The summed E-state index contributed by atoms with van der Waals surface area (Å²) >= 11 is 0. The SMILES string of the molecule is Cl.O=[N+]([O-])C1CCNCC1. The van der Waals surface area contributed by atoms with Crippen molar-refractivity contribution in [2.45, 2.75) is 18.9 Å². The summed E-state index contributed by atoms with van der Waals surface area (Å²) in [6.45, 7) is 1.59. The molecule has 0 spiro atoms. The topological polar surface area (TPSA) is 55.2 Å². The Kier molecular flexibility index (Phi) is 4.31. The lowest BCUT2D eigenvalue weighted by atomic mass is 10.1. The maximum atomic E-state index is 10.1. The minimum absolute atomic E-state index is 0. The van der Waals surface area contributed by atoms with E-state index in [9.17, 15) is 10.1 Å². The van der Waals surface area contributed by atoms with Gasteiger partial charge in [-0.05, 0) is 0 Å². The van der Waals surface area contributed by atoms with E-state index in [1.165, 1.54) is 0 Å². The van der Waals surface area contributed by atoms with E-state index in [0.29, 0.717) is 12.8 Å². The predicted molar refractivity (Wildman–Crippen MR) is 40.1 cm³/mol. The number of piperidine rings is 1. The standard InChI is InChI=1S/C5H10N2O2.ClH/c8-7(9)5-1-3-6-4-2-5;/h5-6H,1-4H2;1H. The van der Waals surface area contributed by atoms with E-state index in [0.717, 1.165) is 13.1 Å². The molecule has 10 heavy (non-hydrogen) atoms. The van der Waals surface area contributed by atoms with Crippen LogP contribution in [0.15, 0.2) is 0 Å². The molecule has 0 aliphatic carbocycles. The first kappa shape index (κ1) is 9.65. The maximum absolute atomic E-state index is 10.1. The zero-order chi connectivity index (χ0) is 6.69. The lowest BCUT2D eigenvalue weighted by Crippen LogP contribution is -2.35. The highest BCUT2D eigenvalue weighted by Crippen LogP contribution is 2.04. The van der Waals surface area contributed by atoms with Crippen LogP contribution >= 0.6 is 12.4 Å². The van der Waals surface area contributed by atoms with Crippen molar-refractivity contribution in [3.05, 3.63) is 10.1 Å². The Morgan fingerprint density at radius 1 is 1.40 bits per heavy atom. The van der Waals surface area contributed by atoms with Crippen LogP contribution < -0.4 is 5.32 Å². The summed E-state index contributed by atoms with van der Waals surface area (Å²) in [5.41, 5.74) is 0.